The van der Waals surface area contributed by atoms with Crippen molar-refractivity contribution in [2.24, 2.45) is 5.73 Å². The monoisotopic (exact) mass is 186 g/mol. The summed E-state index contributed by atoms with van der Waals surface area (Å²) in [6.45, 7) is 3.97. The summed E-state index contributed by atoms with van der Waals surface area (Å²) in [6, 6.07) is 0. The van der Waals surface area contributed by atoms with Crippen LogP contribution in [0.25, 0.3) is 0 Å². The molecule has 3 N–H and O–H groups in total. The Morgan fingerprint density at radius 1 is 0.846 bits per heavy atom. The molecule has 0 saturated carbocycles. The first-order valence-electron chi connectivity index (χ1n) is 5.82. The van der Waals surface area contributed by atoms with Gasteiger partial charge in [-0.05, 0) is 13.0 Å². The molecule has 0 atom stereocenters. The van der Waals surface area contributed by atoms with Crippen LogP contribution in [0.3, 0.4) is 0 Å². The standard InChI is InChI=1S/C11H26N2/c1-2-3-4-5-6-7-8-9-10-13-11-12/h13H,2-12H2,1H3. The SMILES string of the molecule is CCCCCCCCCCNCN. The number of rotatable bonds is 10. The lowest BCUT2D eigenvalue weighted by Crippen LogP contribution is -2.23. The van der Waals surface area contributed by atoms with E-state index in [0.717, 1.165) is 6.54 Å². The highest BCUT2D eigenvalue weighted by Gasteiger charge is 1.90. The molecule has 0 radical (unpaired) electrons. The summed E-state index contributed by atoms with van der Waals surface area (Å²) in [6.07, 6.45) is 11.1. The molecular weight excluding hydrogens is 160 g/mol. The summed E-state index contributed by atoms with van der Waals surface area (Å²) >= 11 is 0. The Labute approximate surface area is 83.3 Å². The van der Waals surface area contributed by atoms with Gasteiger partial charge in [-0.15, -0.1) is 0 Å². The Morgan fingerprint density at radius 2 is 1.38 bits per heavy atom. The second-order valence-corrected chi connectivity index (χ2v) is 3.68. The summed E-state index contributed by atoms with van der Waals surface area (Å²) in [5.74, 6) is 0. The van der Waals surface area contributed by atoms with Gasteiger partial charge in [0.25, 0.3) is 0 Å². The van der Waals surface area contributed by atoms with Gasteiger partial charge in [0.1, 0.15) is 0 Å². The minimum atomic E-state index is 0.622. The van der Waals surface area contributed by atoms with Gasteiger partial charge in [0, 0.05) is 6.67 Å². The topological polar surface area (TPSA) is 38.0 Å². The average Bonchev–Trinajstić information content (AvgIpc) is 2.16. The van der Waals surface area contributed by atoms with Gasteiger partial charge in [-0.3, -0.25) is 0 Å². The Morgan fingerprint density at radius 3 is 1.92 bits per heavy atom. The molecule has 0 aliphatic rings. The van der Waals surface area contributed by atoms with Crippen molar-refractivity contribution in [3.05, 3.63) is 0 Å². The lowest BCUT2D eigenvalue weighted by atomic mass is 10.1. The van der Waals surface area contributed by atoms with E-state index in [1.165, 1.54) is 51.4 Å². The van der Waals surface area contributed by atoms with Gasteiger partial charge in [0.15, 0.2) is 0 Å². The van der Waals surface area contributed by atoms with Crippen LogP contribution in [0.2, 0.25) is 0 Å². The summed E-state index contributed by atoms with van der Waals surface area (Å²) in [5.41, 5.74) is 5.31. The molecule has 0 amide bonds. The summed E-state index contributed by atoms with van der Waals surface area (Å²) in [4.78, 5) is 0. The zero-order valence-electron chi connectivity index (χ0n) is 9.15. The highest BCUT2D eigenvalue weighted by atomic mass is 14.9. The van der Waals surface area contributed by atoms with Gasteiger partial charge < -0.3 is 11.1 Å². The van der Waals surface area contributed by atoms with Gasteiger partial charge in [0.2, 0.25) is 0 Å². The fourth-order valence-electron chi connectivity index (χ4n) is 1.49. The van der Waals surface area contributed by atoms with Gasteiger partial charge in [-0.2, -0.15) is 0 Å². The van der Waals surface area contributed by atoms with Crippen molar-refractivity contribution in [3.8, 4) is 0 Å². The summed E-state index contributed by atoms with van der Waals surface area (Å²) in [7, 11) is 0. The number of unbranched alkanes of at least 4 members (excludes halogenated alkanes) is 7. The molecule has 0 aromatic heterocycles. The first-order valence-corrected chi connectivity index (χ1v) is 5.82. The Balaban J connectivity index is 2.76. The van der Waals surface area contributed by atoms with Crippen LogP contribution in [-0.4, -0.2) is 13.2 Å². The fourth-order valence-corrected chi connectivity index (χ4v) is 1.49. The van der Waals surface area contributed by atoms with Crippen molar-refractivity contribution in [1.29, 1.82) is 0 Å². The van der Waals surface area contributed by atoms with Crippen LogP contribution in [0.4, 0.5) is 0 Å². The van der Waals surface area contributed by atoms with Crippen LogP contribution in [0.1, 0.15) is 58.3 Å². The molecule has 0 aromatic rings. The molecule has 2 nitrogen and oxygen atoms in total. The zero-order valence-corrected chi connectivity index (χ0v) is 9.15. The van der Waals surface area contributed by atoms with E-state index in [2.05, 4.69) is 12.2 Å². The van der Waals surface area contributed by atoms with Crippen LogP contribution in [0.5, 0.6) is 0 Å². The van der Waals surface area contributed by atoms with Crippen molar-refractivity contribution in [3.63, 3.8) is 0 Å². The first-order chi connectivity index (χ1) is 6.41. The van der Waals surface area contributed by atoms with Crippen molar-refractivity contribution in [2.45, 2.75) is 58.3 Å². The number of hydrogen-bond donors (Lipinski definition) is 2. The predicted octanol–water partition coefficient (Wildman–Crippen LogP) is 2.63. The minimum absolute atomic E-state index is 0.622. The molecule has 0 saturated heterocycles. The Kier molecular flexibility index (Phi) is 11.8. The fraction of sp³-hybridized carbons (Fsp3) is 1.00. The van der Waals surface area contributed by atoms with E-state index in [9.17, 15) is 0 Å². The minimum Gasteiger partial charge on any atom is -0.318 e. The molecule has 80 valence electrons. The Hall–Kier alpha value is -0.0800. The van der Waals surface area contributed by atoms with Crippen LogP contribution >= 0.6 is 0 Å². The van der Waals surface area contributed by atoms with E-state index in [0.29, 0.717) is 6.67 Å². The molecule has 13 heavy (non-hydrogen) atoms. The van der Waals surface area contributed by atoms with Crippen LogP contribution in [0.15, 0.2) is 0 Å². The largest absolute Gasteiger partial charge is 0.318 e. The summed E-state index contributed by atoms with van der Waals surface area (Å²) in [5, 5.41) is 3.14. The third kappa shape index (κ3) is 11.9. The normalized spacial score (nSPS) is 10.6. The van der Waals surface area contributed by atoms with Crippen LogP contribution < -0.4 is 11.1 Å². The van der Waals surface area contributed by atoms with E-state index in [1.807, 2.05) is 0 Å². The summed E-state index contributed by atoms with van der Waals surface area (Å²) < 4.78 is 0. The molecule has 0 rings (SSSR count). The van der Waals surface area contributed by atoms with Crippen molar-refractivity contribution in [1.82, 2.24) is 5.32 Å². The maximum absolute atomic E-state index is 5.31. The smallest absolute Gasteiger partial charge is 0.0428 e. The molecular formula is C11H26N2. The molecule has 0 bridgehead atoms. The van der Waals surface area contributed by atoms with E-state index in [1.54, 1.807) is 0 Å². The average molecular weight is 186 g/mol. The number of nitrogens with one attached hydrogen (secondary N) is 1. The molecule has 0 spiro atoms. The zero-order chi connectivity index (χ0) is 9.78. The first kappa shape index (κ1) is 12.9. The quantitative estimate of drug-likeness (QED) is 0.406. The third-order valence-corrected chi connectivity index (χ3v) is 2.35. The van der Waals surface area contributed by atoms with Gasteiger partial charge in [0.05, 0.1) is 0 Å². The Bertz CT molecular complexity index is 74.2. The lowest BCUT2D eigenvalue weighted by molar-refractivity contribution is 0.558. The van der Waals surface area contributed by atoms with E-state index < -0.39 is 0 Å². The molecule has 0 fully saturated rings. The molecule has 0 aliphatic heterocycles. The number of hydrogen-bond acceptors (Lipinski definition) is 2. The van der Waals surface area contributed by atoms with Crippen LogP contribution in [-0.2, 0) is 0 Å². The molecule has 0 heterocycles. The maximum Gasteiger partial charge on any atom is 0.0428 e. The maximum atomic E-state index is 5.31. The van der Waals surface area contributed by atoms with Crippen LogP contribution in [0, 0.1) is 0 Å². The van der Waals surface area contributed by atoms with Crippen molar-refractivity contribution >= 4 is 0 Å². The molecule has 0 aliphatic carbocycles. The lowest BCUT2D eigenvalue weighted by Gasteiger charge is -2.01. The predicted molar refractivity (Wildman–Crippen MR) is 59.7 cm³/mol. The third-order valence-electron chi connectivity index (χ3n) is 2.35. The van der Waals surface area contributed by atoms with Gasteiger partial charge in [-0.25, -0.2) is 0 Å². The molecule has 0 aromatic carbocycles. The van der Waals surface area contributed by atoms with Gasteiger partial charge in [-0.1, -0.05) is 51.9 Å². The van der Waals surface area contributed by atoms with E-state index in [4.69, 9.17) is 5.73 Å². The van der Waals surface area contributed by atoms with E-state index in [-0.39, 0.29) is 0 Å². The molecule has 0 unspecified atom stereocenters. The second-order valence-electron chi connectivity index (χ2n) is 3.68. The van der Waals surface area contributed by atoms with Gasteiger partial charge >= 0.3 is 0 Å². The molecule has 2 heteroatoms. The van der Waals surface area contributed by atoms with Crippen molar-refractivity contribution < 1.29 is 0 Å². The highest BCUT2D eigenvalue weighted by Crippen LogP contribution is 2.07. The van der Waals surface area contributed by atoms with Crippen molar-refractivity contribution in [2.75, 3.05) is 13.2 Å². The second kappa shape index (κ2) is 11.9. The highest BCUT2D eigenvalue weighted by molar-refractivity contribution is 4.48. The van der Waals surface area contributed by atoms with E-state index >= 15 is 0 Å². The number of nitrogens with two attached hydrogens (primary N) is 1.